The van der Waals surface area contributed by atoms with E-state index in [2.05, 4.69) is 22.4 Å². The Morgan fingerprint density at radius 1 is 1.13 bits per heavy atom. The number of hydrogen-bond donors (Lipinski definition) is 1. The summed E-state index contributed by atoms with van der Waals surface area (Å²) in [5.74, 6) is 0.550. The minimum Gasteiger partial charge on any atom is -0.497 e. The molecule has 0 radical (unpaired) electrons. The smallest absolute Gasteiger partial charge is 0.257 e. The molecule has 5 heteroatoms. The zero-order valence-electron chi connectivity index (χ0n) is 12.7. The van der Waals surface area contributed by atoms with Gasteiger partial charge in [-0.1, -0.05) is 30.3 Å². The molecule has 3 aromatic rings. The fraction of sp³-hybridized carbons (Fsp3) is 0.111. The summed E-state index contributed by atoms with van der Waals surface area (Å²) in [6.45, 7) is 0. The lowest BCUT2D eigenvalue weighted by molar-refractivity contribution is 0.102. The van der Waals surface area contributed by atoms with E-state index in [4.69, 9.17) is 4.74 Å². The van der Waals surface area contributed by atoms with Crippen LogP contribution in [0.25, 0.3) is 0 Å². The van der Waals surface area contributed by atoms with Crippen molar-refractivity contribution in [3.63, 3.8) is 0 Å². The van der Waals surface area contributed by atoms with Crippen LogP contribution in [0.3, 0.4) is 0 Å². The number of benzene rings is 2. The average Bonchev–Trinajstić information content (AvgIpc) is 3.02. The second-order valence-electron chi connectivity index (χ2n) is 4.98. The van der Waals surface area contributed by atoms with Gasteiger partial charge in [0, 0.05) is 23.1 Å². The maximum atomic E-state index is 12.2. The monoisotopic (exact) mass is 324 g/mol. The van der Waals surface area contributed by atoms with Crippen LogP contribution in [0, 0.1) is 0 Å². The van der Waals surface area contributed by atoms with Gasteiger partial charge in [0.15, 0.2) is 5.13 Å². The van der Waals surface area contributed by atoms with Gasteiger partial charge in [0.05, 0.1) is 7.11 Å². The molecule has 1 aromatic heterocycles. The molecule has 1 N–H and O–H groups in total. The number of anilines is 1. The summed E-state index contributed by atoms with van der Waals surface area (Å²) in [4.78, 5) is 17.6. The maximum Gasteiger partial charge on any atom is 0.257 e. The molecule has 23 heavy (non-hydrogen) atoms. The first-order valence-electron chi connectivity index (χ1n) is 7.18. The van der Waals surface area contributed by atoms with Crippen molar-refractivity contribution in [2.75, 3.05) is 12.4 Å². The van der Waals surface area contributed by atoms with Crippen LogP contribution in [0.1, 0.15) is 20.8 Å². The second-order valence-corrected chi connectivity index (χ2v) is 6.09. The van der Waals surface area contributed by atoms with Gasteiger partial charge < -0.3 is 4.74 Å². The fourth-order valence-electron chi connectivity index (χ4n) is 2.16. The Bertz CT molecular complexity index is 782. The van der Waals surface area contributed by atoms with Crippen molar-refractivity contribution in [1.82, 2.24) is 4.98 Å². The number of nitrogens with zero attached hydrogens (tertiary/aromatic N) is 1. The van der Waals surface area contributed by atoms with Crippen LogP contribution in [0.5, 0.6) is 5.75 Å². The highest BCUT2D eigenvalue weighted by Gasteiger charge is 2.09. The third-order valence-electron chi connectivity index (χ3n) is 3.35. The van der Waals surface area contributed by atoms with E-state index < -0.39 is 0 Å². The number of rotatable bonds is 5. The van der Waals surface area contributed by atoms with E-state index in [1.807, 2.05) is 18.2 Å². The van der Waals surface area contributed by atoms with Crippen LogP contribution < -0.4 is 10.1 Å². The molecule has 0 aliphatic rings. The van der Waals surface area contributed by atoms with Gasteiger partial charge in [0.1, 0.15) is 5.75 Å². The summed E-state index contributed by atoms with van der Waals surface area (Å²) in [6, 6.07) is 17.2. The van der Waals surface area contributed by atoms with E-state index in [-0.39, 0.29) is 5.91 Å². The normalized spacial score (nSPS) is 10.3. The average molecular weight is 324 g/mol. The van der Waals surface area contributed by atoms with Crippen LogP contribution in [-0.4, -0.2) is 18.0 Å². The fourth-order valence-corrected chi connectivity index (χ4v) is 3.00. The molecule has 3 rings (SSSR count). The first-order valence-corrected chi connectivity index (χ1v) is 8.00. The van der Waals surface area contributed by atoms with Gasteiger partial charge in [-0.3, -0.25) is 10.1 Å². The molecule has 0 saturated carbocycles. The Hall–Kier alpha value is -2.66. The van der Waals surface area contributed by atoms with Gasteiger partial charge in [0.25, 0.3) is 5.91 Å². The molecule has 4 nitrogen and oxygen atoms in total. The lowest BCUT2D eigenvalue weighted by Crippen LogP contribution is -2.11. The van der Waals surface area contributed by atoms with E-state index in [9.17, 15) is 4.79 Å². The third-order valence-corrected chi connectivity index (χ3v) is 4.26. The van der Waals surface area contributed by atoms with Crippen LogP contribution in [0.15, 0.2) is 60.8 Å². The number of thiazole rings is 1. The summed E-state index contributed by atoms with van der Waals surface area (Å²) in [7, 11) is 1.60. The molecule has 1 amide bonds. The zero-order chi connectivity index (χ0) is 16.1. The predicted molar refractivity (Wildman–Crippen MR) is 92.3 cm³/mol. The number of nitrogens with one attached hydrogen (secondary N) is 1. The molecule has 0 atom stereocenters. The van der Waals surface area contributed by atoms with Crippen molar-refractivity contribution in [3.8, 4) is 5.75 Å². The van der Waals surface area contributed by atoms with Crippen molar-refractivity contribution in [2.45, 2.75) is 6.42 Å². The van der Waals surface area contributed by atoms with Crippen LogP contribution >= 0.6 is 11.3 Å². The molecular weight excluding hydrogens is 308 g/mol. The van der Waals surface area contributed by atoms with Gasteiger partial charge in [-0.05, 0) is 29.8 Å². The molecule has 0 aliphatic carbocycles. The van der Waals surface area contributed by atoms with E-state index in [0.717, 1.165) is 17.0 Å². The molecule has 0 unspecified atom stereocenters. The lowest BCUT2D eigenvalue weighted by atomic mass is 10.1. The molecular formula is C18H16N2O2S. The lowest BCUT2D eigenvalue weighted by Gasteiger charge is -2.03. The van der Waals surface area contributed by atoms with E-state index in [1.165, 1.54) is 16.9 Å². The predicted octanol–water partition coefficient (Wildman–Crippen LogP) is 3.99. The molecule has 0 fully saturated rings. The highest BCUT2D eigenvalue weighted by atomic mass is 32.1. The van der Waals surface area contributed by atoms with Crippen molar-refractivity contribution in [1.29, 1.82) is 0 Å². The SMILES string of the molecule is COc1ccc(C(=O)Nc2ncc(Cc3ccccc3)s2)cc1. The number of carbonyl (C=O) groups is 1. The quantitative estimate of drug-likeness (QED) is 0.772. The topological polar surface area (TPSA) is 51.2 Å². The highest BCUT2D eigenvalue weighted by Crippen LogP contribution is 2.22. The van der Waals surface area contributed by atoms with Crippen molar-refractivity contribution in [2.24, 2.45) is 0 Å². The van der Waals surface area contributed by atoms with Crippen molar-refractivity contribution >= 4 is 22.4 Å². The summed E-state index contributed by atoms with van der Waals surface area (Å²) in [5.41, 5.74) is 1.80. The van der Waals surface area contributed by atoms with Gasteiger partial charge in [-0.25, -0.2) is 4.98 Å². The maximum absolute atomic E-state index is 12.2. The van der Waals surface area contributed by atoms with Crippen LogP contribution in [0.2, 0.25) is 0 Å². The Labute approximate surface area is 138 Å². The van der Waals surface area contributed by atoms with Crippen molar-refractivity contribution in [3.05, 3.63) is 76.8 Å². The van der Waals surface area contributed by atoms with Crippen LogP contribution in [-0.2, 0) is 6.42 Å². The summed E-state index contributed by atoms with van der Waals surface area (Å²) in [5, 5.41) is 3.44. The Kier molecular flexibility index (Phi) is 4.68. The summed E-state index contributed by atoms with van der Waals surface area (Å²) < 4.78 is 5.09. The first-order chi connectivity index (χ1) is 11.2. The first kappa shape index (κ1) is 15.2. The second kappa shape index (κ2) is 7.07. The number of hydrogen-bond acceptors (Lipinski definition) is 4. The highest BCUT2D eigenvalue weighted by molar-refractivity contribution is 7.15. The van der Waals surface area contributed by atoms with Crippen molar-refractivity contribution < 1.29 is 9.53 Å². The minimum absolute atomic E-state index is 0.173. The number of carbonyl (C=O) groups excluding carboxylic acids is 1. The zero-order valence-corrected chi connectivity index (χ0v) is 13.5. The van der Waals surface area contributed by atoms with Gasteiger partial charge in [-0.15, -0.1) is 11.3 Å². The summed E-state index contributed by atoms with van der Waals surface area (Å²) in [6.07, 6.45) is 2.62. The number of methoxy groups -OCH3 is 1. The summed E-state index contributed by atoms with van der Waals surface area (Å²) >= 11 is 1.49. The Morgan fingerprint density at radius 2 is 1.87 bits per heavy atom. The Balaban J connectivity index is 1.65. The molecule has 0 spiro atoms. The molecule has 0 saturated heterocycles. The minimum atomic E-state index is -0.173. The van der Waals surface area contributed by atoms with Crippen LogP contribution in [0.4, 0.5) is 5.13 Å². The third kappa shape index (κ3) is 3.96. The largest absolute Gasteiger partial charge is 0.497 e. The number of aromatic nitrogens is 1. The van der Waals surface area contributed by atoms with Gasteiger partial charge in [-0.2, -0.15) is 0 Å². The molecule has 0 bridgehead atoms. The number of amides is 1. The van der Waals surface area contributed by atoms with Gasteiger partial charge in [0.2, 0.25) is 0 Å². The molecule has 0 aliphatic heterocycles. The standard InChI is InChI=1S/C18H16N2O2S/c1-22-15-9-7-14(8-10-15)17(21)20-18-19-12-16(23-18)11-13-5-3-2-4-6-13/h2-10,12H,11H2,1H3,(H,19,20,21). The number of ether oxygens (including phenoxy) is 1. The molecule has 1 heterocycles. The Morgan fingerprint density at radius 3 is 2.57 bits per heavy atom. The van der Waals surface area contributed by atoms with E-state index in [0.29, 0.717) is 10.7 Å². The van der Waals surface area contributed by atoms with Gasteiger partial charge >= 0.3 is 0 Å². The van der Waals surface area contributed by atoms with E-state index >= 15 is 0 Å². The molecule has 2 aromatic carbocycles. The van der Waals surface area contributed by atoms with E-state index in [1.54, 1.807) is 37.6 Å². The molecule has 116 valence electrons.